The topological polar surface area (TPSA) is 64.3 Å². The first-order valence-corrected chi connectivity index (χ1v) is 7.83. The predicted molar refractivity (Wildman–Crippen MR) is 92.6 cm³/mol. The van der Waals surface area contributed by atoms with Crippen molar-refractivity contribution in [3.63, 3.8) is 0 Å². The summed E-state index contributed by atoms with van der Waals surface area (Å²) < 4.78 is 5.16. The number of benzene rings is 2. The van der Waals surface area contributed by atoms with Gasteiger partial charge in [-0.2, -0.15) is 0 Å². The summed E-state index contributed by atoms with van der Waals surface area (Å²) in [5, 5.41) is 3.48. The number of rotatable bonds is 8. The molecule has 0 saturated carbocycles. The largest absolute Gasteiger partial charge is 0.497 e. The van der Waals surface area contributed by atoms with Crippen LogP contribution in [-0.2, 0) is 13.0 Å². The highest BCUT2D eigenvalue weighted by molar-refractivity contribution is 5.92. The molecule has 4 nitrogen and oxygen atoms in total. The van der Waals surface area contributed by atoms with Crippen molar-refractivity contribution in [2.45, 2.75) is 32.4 Å². The Balaban J connectivity index is 1.79. The molecular formula is C19H24N2O2. The SMILES string of the molecule is COc1ccc(CCC(C)NCc2cccc(C(N)=O)c2)cc1. The maximum Gasteiger partial charge on any atom is 0.248 e. The molecule has 4 heteroatoms. The highest BCUT2D eigenvalue weighted by atomic mass is 16.5. The first-order chi connectivity index (χ1) is 11.1. The van der Waals surface area contributed by atoms with Crippen LogP contribution >= 0.6 is 0 Å². The molecule has 2 rings (SSSR count). The lowest BCUT2D eigenvalue weighted by Crippen LogP contribution is -2.26. The van der Waals surface area contributed by atoms with Gasteiger partial charge in [-0.3, -0.25) is 4.79 Å². The average molecular weight is 312 g/mol. The van der Waals surface area contributed by atoms with E-state index in [2.05, 4.69) is 24.4 Å². The van der Waals surface area contributed by atoms with E-state index in [9.17, 15) is 4.79 Å². The molecule has 0 saturated heterocycles. The third kappa shape index (κ3) is 5.42. The molecule has 0 aromatic heterocycles. The molecule has 122 valence electrons. The normalized spacial score (nSPS) is 11.9. The number of nitrogens with two attached hydrogens (primary N) is 1. The molecule has 0 bridgehead atoms. The van der Waals surface area contributed by atoms with E-state index >= 15 is 0 Å². The smallest absolute Gasteiger partial charge is 0.248 e. The lowest BCUT2D eigenvalue weighted by Gasteiger charge is -2.14. The van der Waals surface area contributed by atoms with E-state index in [4.69, 9.17) is 10.5 Å². The Morgan fingerprint density at radius 3 is 2.57 bits per heavy atom. The molecule has 23 heavy (non-hydrogen) atoms. The summed E-state index contributed by atoms with van der Waals surface area (Å²) in [5.74, 6) is 0.494. The number of ether oxygens (including phenoxy) is 1. The average Bonchev–Trinajstić information content (AvgIpc) is 2.58. The highest BCUT2D eigenvalue weighted by Gasteiger charge is 2.05. The van der Waals surface area contributed by atoms with Crippen molar-refractivity contribution in [2.24, 2.45) is 5.73 Å². The molecule has 0 aliphatic heterocycles. The third-order valence-corrected chi connectivity index (χ3v) is 3.89. The fourth-order valence-electron chi connectivity index (χ4n) is 2.40. The second kappa shape index (κ2) is 8.34. The summed E-state index contributed by atoms with van der Waals surface area (Å²) >= 11 is 0. The van der Waals surface area contributed by atoms with Gasteiger partial charge in [-0.25, -0.2) is 0 Å². The molecule has 2 aromatic rings. The van der Waals surface area contributed by atoms with Gasteiger partial charge < -0.3 is 15.8 Å². The van der Waals surface area contributed by atoms with E-state index in [1.165, 1.54) is 5.56 Å². The molecule has 3 N–H and O–H groups in total. The predicted octanol–water partition coefficient (Wildman–Crippen LogP) is 2.91. The lowest BCUT2D eigenvalue weighted by molar-refractivity contribution is 0.1000. The molecule has 0 aliphatic carbocycles. The number of carbonyl (C=O) groups is 1. The van der Waals surface area contributed by atoms with Crippen LogP contribution in [0.25, 0.3) is 0 Å². The fourth-order valence-corrected chi connectivity index (χ4v) is 2.40. The molecule has 1 atom stereocenters. The van der Waals surface area contributed by atoms with Gasteiger partial charge in [0.1, 0.15) is 5.75 Å². The fraction of sp³-hybridized carbons (Fsp3) is 0.316. The van der Waals surface area contributed by atoms with Crippen LogP contribution in [0.1, 0.15) is 34.8 Å². The number of hydrogen-bond donors (Lipinski definition) is 2. The van der Waals surface area contributed by atoms with Gasteiger partial charge in [0.25, 0.3) is 0 Å². The number of hydrogen-bond acceptors (Lipinski definition) is 3. The van der Waals surface area contributed by atoms with Gasteiger partial charge in [-0.1, -0.05) is 24.3 Å². The minimum atomic E-state index is -0.389. The van der Waals surface area contributed by atoms with Gasteiger partial charge in [-0.15, -0.1) is 0 Å². The summed E-state index contributed by atoms with van der Waals surface area (Å²) in [6, 6.07) is 16.0. The van der Waals surface area contributed by atoms with E-state index in [0.717, 1.165) is 30.7 Å². The van der Waals surface area contributed by atoms with Crippen LogP contribution < -0.4 is 15.8 Å². The van der Waals surface area contributed by atoms with Crippen molar-refractivity contribution in [1.82, 2.24) is 5.32 Å². The maximum atomic E-state index is 11.2. The number of aryl methyl sites for hydroxylation is 1. The molecule has 0 spiro atoms. The van der Waals surface area contributed by atoms with Crippen LogP contribution in [-0.4, -0.2) is 19.1 Å². The summed E-state index contributed by atoms with van der Waals surface area (Å²) in [4.78, 5) is 11.2. The zero-order valence-electron chi connectivity index (χ0n) is 13.7. The second-order valence-corrected chi connectivity index (χ2v) is 5.73. The molecule has 2 aromatic carbocycles. The van der Waals surface area contributed by atoms with E-state index in [1.54, 1.807) is 13.2 Å². The van der Waals surface area contributed by atoms with Crippen LogP contribution in [0.2, 0.25) is 0 Å². The monoisotopic (exact) mass is 312 g/mol. The molecule has 0 radical (unpaired) electrons. The lowest BCUT2D eigenvalue weighted by atomic mass is 10.1. The highest BCUT2D eigenvalue weighted by Crippen LogP contribution is 2.13. The zero-order chi connectivity index (χ0) is 16.7. The van der Waals surface area contributed by atoms with Crippen molar-refractivity contribution >= 4 is 5.91 Å². The Morgan fingerprint density at radius 1 is 1.17 bits per heavy atom. The van der Waals surface area contributed by atoms with Crippen LogP contribution in [0.3, 0.4) is 0 Å². The van der Waals surface area contributed by atoms with Gasteiger partial charge in [0.15, 0.2) is 0 Å². The van der Waals surface area contributed by atoms with Crippen LogP contribution in [0.15, 0.2) is 48.5 Å². The summed E-state index contributed by atoms with van der Waals surface area (Å²) in [5.41, 5.74) is 8.22. The number of primary amides is 1. The van der Waals surface area contributed by atoms with E-state index in [1.807, 2.05) is 30.3 Å². The molecule has 0 heterocycles. The van der Waals surface area contributed by atoms with Crippen LogP contribution in [0.4, 0.5) is 0 Å². The van der Waals surface area contributed by atoms with Gasteiger partial charge >= 0.3 is 0 Å². The van der Waals surface area contributed by atoms with Crippen LogP contribution in [0.5, 0.6) is 5.75 Å². The molecule has 0 aliphatic rings. The third-order valence-electron chi connectivity index (χ3n) is 3.89. The van der Waals surface area contributed by atoms with E-state index in [0.29, 0.717) is 11.6 Å². The minimum Gasteiger partial charge on any atom is -0.497 e. The Labute approximate surface area is 137 Å². The molecule has 0 fully saturated rings. The van der Waals surface area contributed by atoms with Crippen molar-refractivity contribution in [2.75, 3.05) is 7.11 Å². The van der Waals surface area contributed by atoms with Crippen molar-refractivity contribution in [3.8, 4) is 5.75 Å². The number of nitrogens with one attached hydrogen (secondary N) is 1. The van der Waals surface area contributed by atoms with E-state index in [-0.39, 0.29) is 5.91 Å². The zero-order valence-corrected chi connectivity index (χ0v) is 13.7. The number of methoxy groups -OCH3 is 1. The van der Waals surface area contributed by atoms with Crippen molar-refractivity contribution in [1.29, 1.82) is 0 Å². The number of amides is 1. The Hall–Kier alpha value is -2.33. The van der Waals surface area contributed by atoms with Crippen molar-refractivity contribution in [3.05, 3.63) is 65.2 Å². The Bertz CT molecular complexity index is 638. The van der Waals surface area contributed by atoms with Gasteiger partial charge in [0.05, 0.1) is 7.11 Å². The van der Waals surface area contributed by atoms with Crippen LogP contribution in [0, 0.1) is 0 Å². The first-order valence-electron chi connectivity index (χ1n) is 7.83. The van der Waals surface area contributed by atoms with E-state index < -0.39 is 0 Å². The van der Waals surface area contributed by atoms with Crippen molar-refractivity contribution < 1.29 is 9.53 Å². The van der Waals surface area contributed by atoms with Gasteiger partial charge in [0.2, 0.25) is 5.91 Å². The first kappa shape index (κ1) is 17.0. The quantitative estimate of drug-likeness (QED) is 0.788. The summed E-state index contributed by atoms with van der Waals surface area (Å²) in [7, 11) is 1.67. The number of carbonyl (C=O) groups excluding carboxylic acids is 1. The second-order valence-electron chi connectivity index (χ2n) is 5.73. The molecule has 1 amide bonds. The van der Waals surface area contributed by atoms with Gasteiger partial charge in [-0.05, 0) is 55.2 Å². The summed E-state index contributed by atoms with van der Waals surface area (Å²) in [6.45, 7) is 2.90. The summed E-state index contributed by atoms with van der Waals surface area (Å²) in [6.07, 6.45) is 2.06. The van der Waals surface area contributed by atoms with Gasteiger partial charge in [0, 0.05) is 18.2 Å². The standard InChI is InChI=1S/C19H24N2O2/c1-14(6-7-15-8-10-18(23-2)11-9-15)21-13-16-4-3-5-17(12-16)19(20)22/h3-5,8-12,14,21H,6-7,13H2,1-2H3,(H2,20,22). The minimum absolute atomic E-state index is 0.384. The molecular weight excluding hydrogens is 288 g/mol. The maximum absolute atomic E-state index is 11.2. The molecule has 1 unspecified atom stereocenters. The Morgan fingerprint density at radius 2 is 1.91 bits per heavy atom. The Kier molecular flexibility index (Phi) is 6.18.